The third kappa shape index (κ3) is 9.75. The van der Waals surface area contributed by atoms with Crippen LogP contribution >= 0.6 is 0 Å². The molecule has 0 bridgehead atoms. The minimum atomic E-state index is -3.22. The molecule has 7 nitrogen and oxygen atoms in total. The Morgan fingerprint density at radius 2 is 1.90 bits per heavy atom. The number of benzene rings is 2. The smallest absolute Gasteiger partial charge is 0.262 e. The van der Waals surface area contributed by atoms with Gasteiger partial charge in [-0.25, -0.2) is 13.2 Å². The molecule has 0 saturated carbocycles. The number of alkyl halides is 2. The molecule has 218 valence electrons. The van der Waals surface area contributed by atoms with Crippen LogP contribution in [0, 0.1) is 19.7 Å². The highest BCUT2D eigenvalue weighted by Crippen LogP contribution is 2.25. The molecule has 2 atom stereocenters. The van der Waals surface area contributed by atoms with E-state index in [9.17, 15) is 33.0 Å². The number of allylic oxidation sites excluding steroid dienone is 1. The van der Waals surface area contributed by atoms with Gasteiger partial charge in [-0.1, -0.05) is 31.2 Å². The molecule has 40 heavy (non-hydrogen) atoms. The van der Waals surface area contributed by atoms with Crippen LogP contribution in [0.3, 0.4) is 0 Å². The number of phenols is 1. The van der Waals surface area contributed by atoms with E-state index in [2.05, 4.69) is 17.2 Å². The third-order valence-electron chi connectivity index (χ3n) is 6.14. The highest BCUT2D eigenvalue weighted by molar-refractivity contribution is 5.96. The first-order valence-corrected chi connectivity index (χ1v) is 13.0. The number of phenolic OH excluding ortho intramolecular Hbond substituents is 1. The predicted molar refractivity (Wildman–Crippen MR) is 149 cm³/mol. The highest BCUT2D eigenvalue weighted by Gasteiger charge is 2.34. The fraction of sp³-hybridized carbons (Fsp3) is 0.400. The van der Waals surface area contributed by atoms with E-state index in [0.29, 0.717) is 30.0 Å². The van der Waals surface area contributed by atoms with Gasteiger partial charge in [-0.15, -0.1) is 6.58 Å². The quantitative estimate of drug-likeness (QED) is 0.256. The second kappa shape index (κ2) is 14.6. The van der Waals surface area contributed by atoms with E-state index in [1.807, 2.05) is 0 Å². The van der Waals surface area contributed by atoms with Gasteiger partial charge in [0.15, 0.2) is 0 Å². The van der Waals surface area contributed by atoms with Crippen molar-refractivity contribution in [3.05, 3.63) is 88.9 Å². The number of aliphatic hydroxyl groups excluding tert-OH is 1. The van der Waals surface area contributed by atoms with Crippen molar-refractivity contribution in [2.24, 2.45) is 0 Å². The van der Waals surface area contributed by atoms with E-state index < -0.39 is 48.8 Å². The van der Waals surface area contributed by atoms with Crippen LogP contribution in [0.25, 0.3) is 0 Å². The molecule has 0 fully saturated rings. The zero-order chi connectivity index (χ0) is 30.0. The van der Waals surface area contributed by atoms with Crippen LogP contribution in [0.5, 0.6) is 5.75 Å². The summed E-state index contributed by atoms with van der Waals surface area (Å²) in [5.41, 5.74) is 1.57. The molecule has 0 radical (unpaired) electrons. The zero-order valence-corrected chi connectivity index (χ0v) is 23.3. The van der Waals surface area contributed by atoms with Crippen molar-refractivity contribution in [3.8, 4) is 5.75 Å². The number of amides is 2. The van der Waals surface area contributed by atoms with Gasteiger partial charge in [0, 0.05) is 30.3 Å². The van der Waals surface area contributed by atoms with Gasteiger partial charge in [0.05, 0.1) is 19.1 Å². The largest absolute Gasteiger partial charge is 0.508 e. The lowest BCUT2D eigenvalue weighted by Gasteiger charge is -2.35. The predicted octanol–water partition coefficient (Wildman–Crippen LogP) is 4.40. The van der Waals surface area contributed by atoms with Gasteiger partial charge in [-0.05, 0) is 62.1 Å². The lowest BCUT2D eigenvalue weighted by Crippen LogP contribution is -2.51. The average molecular weight is 562 g/mol. The molecule has 0 aliphatic heterocycles. The molecule has 0 spiro atoms. The number of nitrogens with zero attached hydrogens (tertiary/aromatic N) is 1. The van der Waals surface area contributed by atoms with Gasteiger partial charge in [0.2, 0.25) is 5.91 Å². The lowest BCUT2D eigenvalue weighted by atomic mass is 9.96. The maximum absolute atomic E-state index is 14.2. The zero-order valence-electron chi connectivity index (χ0n) is 23.3. The molecule has 2 aromatic carbocycles. The molecule has 0 aliphatic carbocycles. The molecule has 10 heteroatoms. The summed E-state index contributed by atoms with van der Waals surface area (Å²) in [5, 5.41) is 27.1. The summed E-state index contributed by atoms with van der Waals surface area (Å²) in [7, 11) is 0. The number of rotatable bonds is 14. The molecular weight excluding hydrogens is 523 g/mol. The Hall–Kier alpha value is -3.79. The number of hydrogen-bond acceptors (Lipinski definition) is 5. The topological polar surface area (TPSA) is 102 Å². The fourth-order valence-corrected chi connectivity index (χ4v) is 4.32. The lowest BCUT2D eigenvalue weighted by molar-refractivity contribution is -0.122. The second-order valence-electron chi connectivity index (χ2n) is 9.87. The summed E-state index contributed by atoms with van der Waals surface area (Å²) in [6.07, 6.45) is 1.69. The van der Waals surface area contributed by atoms with Crippen LogP contribution in [-0.2, 0) is 11.2 Å². The number of aryl methyl sites for hydroxylation is 1. The Labute approximate surface area is 233 Å². The van der Waals surface area contributed by atoms with Crippen molar-refractivity contribution >= 4 is 11.8 Å². The third-order valence-corrected chi connectivity index (χ3v) is 6.14. The van der Waals surface area contributed by atoms with Crippen LogP contribution in [0.15, 0.2) is 60.8 Å². The first-order valence-electron chi connectivity index (χ1n) is 13.0. The number of nitrogens with one attached hydrogen (secondary N) is 2. The molecule has 2 aromatic rings. The Bertz CT molecular complexity index is 1230. The minimum absolute atomic E-state index is 0.0169. The number of carbonyl (C=O) groups excluding carboxylic acids is 2. The number of hydrogen-bond donors (Lipinski definition) is 4. The van der Waals surface area contributed by atoms with Gasteiger partial charge >= 0.3 is 0 Å². The van der Waals surface area contributed by atoms with E-state index in [4.69, 9.17) is 0 Å². The van der Waals surface area contributed by atoms with Crippen molar-refractivity contribution in [2.45, 2.75) is 58.6 Å². The fourth-order valence-electron chi connectivity index (χ4n) is 4.32. The van der Waals surface area contributed by atoms with Crippen molar-refractivity contribution in [1.29, 1.82) is 0 Å². The van der Waals surface area contributed by atoms with Crippen LogP contribution < -0.4 is 10.6 Å². The Morgan fingerprint density at radius 3 is 2.50 bits per heavy atom. The van der Waals surface area contributed by atoms with E-state index in [-0.39, 0.29) is 30.0 Å². The van der Waals surface area contributed by atoms with Crippen molar-refractivity contribution in [1.82, 2.24) is 15.5 Å². The molecule has 2 unspecified atom stereocenters. The van der Waals surface area contributed by atoms with E-state index in [0.717, 1.165) is 4.90 Å². The van der Waals surface area contributed by atoms with Crippen molar-refractivity contribution < 1.29 is 33.0 Å². The van der Waals surface area contributed by atoms with Crippen LogP contribution in [0.2, 0.25) is 0 Å². The average Bonchev–Trinajstić information content (AvgIpc) is 2.86. The van der Waals surface area contributed by atoms with Gasteiger partial charge in [0.25, 0.3) is 11.8 Å². The van der Waals surface area contributed by atoms with Crippen molar-refractivity contribution in [2.75, 3.05) is 19.6 Å². The van der Waals surface area contributed by atoms with Gasteiger partial charge < -0.3 is 25.7 Å². The van der Waals surface area contributed by atoms with Crippen LogP contribution in [0.4, 0.5) is 13.2 Å². The molecule has 0 aromatic heterocycles. The van der Waals surface area contributed by atoms with Gasteiger partial charge in [-0.3, -0.25) is 9.59 Å². The Morgan fingerprint density at radius 1 is 1.20 bits per heavy atom. The SMILES string of the molecule is C=CCNC(=O)CN(CC(C)(F)F)/C(=C/CC)C(O)C(Cc1cccc(F)c1)NC(=O)c1cc(C)cc(O)c1C. The molecule has 4 N–H and O–H groups in total. The number of aliphatic hydroxyl groups is 1. The number of carbonyl (C=O) groups is 2. The van der Waals surface area contributed by atoms with E-state index in [1.54, 1.807) is 32.9 Å². The molecule has 2 rings (SSSR count). The van der Waals surface area contributed by atoms with Crippen LogP contribution in [0.1, 0.15) is 47.3 Å². The highest BCUT2D eigenvalue weighted by atomic mass is 19.3. The van der Waals surface area contributed by atoms with Crippen molar-refractivity contribution in [3.63, 3.8) is 0 Å². The summed E-state index contributed by atoms with van der Waals surface area (Å²) in [6, 6.07) is 7.57. The monoisotopic (exact) mass is 561 g/mol. The summed E-state index contributed by atoms with van der Waals surface area (Å²) in [5.74, 6) is -5.00. The summed E-state index contributed by atoms with van der Waals surface area (Å²) in [6.45, 7) is 8.02. The first-order chi connectivity index (χ1) is 18.7. The molecule has 2 amide bonds. The first kappa shape index (κ1) is 32.4. The Balaban J connectivity index is 2.53. The molecule has 0 saturated heterocycles. The second-order valence-corrected chi connectivity index (χ2v) is 9.87. The molecule has 0 heterocycles. The summed E-state index contributed by atoms with van der Waals surface area (Å²) in [4.78, 5) is 27.0. The normalized spacial score (nSPS) is 13.3. The molecule has 0 aliphatic rings. The van der Waals surface area contributed by atoms with Crippen LogP contribution in [-0.4, -0.2) is 64.6 Å². The van der Waals surface area contributed by atoms with Gasteiger partial charge in [-0.2, -0.15) is 0 Å². The minimum Gasteiger partial charge on any atom is -0.508 e. The number of aromatic hydroxyl groups is 1. The summed E-state index contributed by atoms with van der Waals surface area (Å²) >= 11 is 0. The number of halogens is 3. The maximum atomic E-state index is 14.2. The standard InChI is InChI=1S/C30H38F3N3O4/c1-6-9-25(36(18-30(5,32)33)17-27(38)34-12-7-2)28(39)24(16-21-10-8-11-22(31)15-21)35-29(40)23-13-19(3)14-26(37)20(23)4/h7-11,13-15,24,28,37,39H,2,6,12,16-18H2,1,3-5H3,(H,34,38)(H,35,40)/b25-9+. The summed E-state index contributed by atoms with van der Waals surface area (Å²) < 4.78 is 42.5. The van der Waals surface area contributed by atoms with E-state index in [1.165, 1.54) is 36.4 Å². The maximum Gasteiger partial charge on any atom is 0.262 e. The Kier molecular flexibility index (Phi) is 11.8. The van der Waals surface area contributed by atoms with E-state index >= 15 is 0 Å². The molecular formula is C30H38F3N3O4. The van der Waals surface area contributed by atoms with Gasteiger partial charge in [0.1, 0.15) is 17.7 Å².